The van der Waals surface area contributed by atoms with Gasteiger partial charge in [0.15, 0.2) is 0 Å². The molecule has 1 aromatic carbocycles. The number of rotatable bonds is 6. The van der Waals surface area contributed by atoms with Gasteiger partial charge < -0.3 is 19.0 Å². The molecule has 0 bridgehead atoms. The standard InChI is InChI=1S/C22H26N4O4/c1-16-13-18(24(2)23-16)15-26(8-7-25-9-11-29-12-10-25)21(27)19-14-17-5-3-4-6-20(17)30-22(19)28/h3-6,13-14H,7-12,15H2,1-2H3/p+1. The van der Waals surface area contributed by atoms with E-state index in [0.29, 0.717) is 18.7 Å². The van der Waals surface area contributed by atoms with Crippen LogP contribution in [0.5, 0.6) is 0 Å². The van der Waals surface area contributed by atoms with Gasteiger partial charge in [-0.15, -0.1) is 0 Å². The normalized spacial score (nSPS) is 14.9. The zero-order valence-electron chi connectivity index (χ0n) is 17.4. The van der Waals surface area contributed by atoms with Crippen LogP contribution in [0.4, 0.5) is 0 Å². The van der Waals surface area contributed by atoms with E-state index < -0.39 is 5.63 Å². The lowest BCUT2D eigenvalue weighted by Gasteiger charge is -2.28. The van der Waals surface area contributed by atoms with Gasteiger partial charge in [-0.1, -0.05) is 18.2 Å². The fraction of sp³-hybridized carbons (Fsp3) is 0.409. The Morgan fingerprint density at radius 3 is 2.73 bits per heavy atom. The molecule has 0 spiro atoms. The lowest BCUT2D eigenvalue weighted by atomic mass is 10.1. The molecule has 158 valence electrons. The number of benzene rings is 1. The Labute approximate surface area is 174 Å². The molecule has 0 saturated carbocycles. The minimum absolute atomic E-state index is 0.0598. The van der Waals surface area contributed by atoms with Crippen LogP contribution in [0.3, 0.4) is 0 Å². The number of fused-ring (bicyclic) bond motifs is 1. The number of quaternary nitrogens is 1. The van der Waals surface area contributed by atoms with E-state index in [2.05, 4.69) is 5.10 Å². The minimum Gasteiger partial charge on any atom is -0.422 e. The predicted molar refractivity (Wildman–Crippen MR) is 112 cm³/mol. The second-order valence-electron chi connectivity index (χ2n) is 7.73. The van der Waals surface area contributed by atoms with Crippen molar-refractivity contribution in [2.45, 2.75) is 13.5 Å². The molecule has 8 nitrogen and oxygen atoms in total. The molecule has 0 unspecified atom stereocenters. The first-order valence-electron chi connectivity index (χ1n) is 10.2. The van der Waals surface area contributed by atoms with E-state index in [0.717, 1.165) is 49.6 Å². The van der Waals surface area contributed by atoms with Crippen molar-refractivity contribution >= 4 is 16.9 Å². The molecule has 3 heterocycles. The number of aromatic nitrogens is 2. The van der Waals surface area contributed by atoms with Crippen molar-refractivity contribution < 1.29 is 18.8 Å². The van der Waals surface area contributed by atoms with Crippen molar-refractivity contribution in [3.05, 3.63) is 63.8 Å². The molecular formula is C22H27N4O4+. The van der Waals surface area contributed by atoms with Crippen molar-refractivity contribution in [1.29, 1.82) is 0 Å². The smallest absolute Gasteiger partial charge is 0.349 e. The monoisotopic (exact) mass is 411 g/mol. The van der Waals surface area contributed by atoms with E-state index in [1.165, 1.54) is 4.90 Å². The summed E-state index contributed by atoms with van der Waals surface area (Å²) in [5.41, 5.74) is 1.74. The van der Waals surface area contributed by atoms with Gasteiger partial charge in [0.05, 0.1) is 44.2 Å². The Balaban J connectivity index is 1.61. The Morgan fingerprint density at radius 2 is 2.00 bits per heavy atom. The molecule has 0 radical (unpaired) electrons. The third-order valence-corrected chi connectivity index (χ3v) is 5.55. The summed E-state index contributed by atoms with van der Waals surface area (Å²) in [6.07, 6.45) is 0. The van der Waals surface area contributed by atoms with Crippen LogP contribution in [0.1, 0.15) is 21.7 Å². The van der Waals surface area contributed by atoms with Gasteiger partial charge in [-0.25, -0.2) is 4.79 Å². The number of ether oxygens (including phenoxy) is 1. The van der Waals surface area contributed by atoms with Crippen molar-refractivity contribution in [1.82, 2.24) is 14.7 Å². The number of nitrogens with one attached hydrogen (secondary N) is 1. The topological polar surface area (TPSA) is 82.0 Å². The quantitative estimate of drug-likeness (QED) is 0.594. The number of hydrogen-bond donors (Lipinski definition) is 1. The molecule has 1 fully saturated rings. The molecule has 1 amide bonds. The van der Waals surface area contributed by atoms with Gasteiger partial charge >= 0.3 is 5.63 Å². The second-order valence-corrected chi connectivity index (χ2v) is 7.73. The molecule has 0 aliphatic carbocycles. The molecule has 1 N–H and O–H groups in total. The maximum atomic E-state index is 13.4. The number of carbonyl (C=O) groups excluding carboxylic acids is 1. The number of hydrogen-bond acceptors (Lipinski definition) is 5. The zero-order chi connectivity index (χ0) is 21.1. The van der Waals surface area contributed by atoms with E-state index in [4.69, 9.17) is 9.15 Å². The van der Waals surface area contributed by atoms with Gasteiger partial charge in [0.1, 0.15) is 24.2 Å². The summed E-state index contributed by atoms with van der Waals surface area (Å²) in [5.74, 6) is -0.319. The summed E-state index contributed by atoms with van der Waals surface area (Å²) >= 11 is 0. The maximum Gasteiger partial charge on any atom is 0.349 e. The molecule has 4 rings (SSSR count). The third kappa shape index (κ3) is 4.44. The fourth-order valence-electron chi connectivity index (χ4n) is 3.84. The molecule has 1 aliphatic rings. The van der Waals surface area contributed by atoms with Crippen LogP contribution in [-0.2, 0) is 18.3 Å². The van der Waals surface area contributed by atoms with Gasteiger partial charge in [0, 0.05) is 12.4 Å². The first kappa shape index (κ1) is 20.3. The summed E-state index contributed by atoms with van der Waals surface area (Å²) in [4.78, 5) is 29.1. The molecule has 2 aromatic heterocycles. The van der Waals surface area contributed by atoms with Crippen LogP contribution in [-0.4, -0.2) is 60.0 Å². The van der Waals surface area contributed by atoms with Crippen molar-refractivity contribution in [2.24, 2.45) is 7.05 Å². The molecule has 8 heteroatoms. The third-order valence-electron chi connectivity index (χ3n) is 5.55. The van der Waals surface area contributed by atoms with Gasteiger partial charge in [0.25, 0.3) is 5.91 Å². The van der Waals surface area contributed by atoms with Crippen LogP contribution in [0.25, 0.3) is 11.0 Å². The van der Waals surface area contributed by atoms with Crippen molar-refractivity contribution in [3.63, 3.8) is 0 Å². The van der Waals surface area contributed by atoms with E-state index in [1.54, 1.807) is 27.8 Å². The molecule has 0 atom stereocenters. The lowest BCUT2D eigenvalue weighted by Crippen LogP contribution is -3.14. The van der Waals surface area contributed by atoms with E-state index in [-0.39, 0.29) is 11.5 Å². The Bertz CT molecular complexity index is 1100. The summed E-state index contributed by atoms with van der Waals surface area (Å²) in [6, 6.07) is 10.8. The molecule has 1 saturated heterocycles. The van der Waals surface area contributed by atoms with Crippen molar-refractivity contribution in [2.75, 3.05) is 39.4 Å². The maximum absolute atomic E-state index is 13.4. The summed E-state index contributed by atoms with van der Waals surface area (Å²) in [7, 11) is 1.86. The molecular weight excluding hydrogens is 384 g/mol. The van der Waals surface area contributed by atoms with Gasteiger partial charge in [-0.05, 0) is 25.1 Å². The highest BCUT2D eigenvalue weighted by Gasteiger charge is 2.24. The highest BCUT2D eigenvalue weighted by atomic mass is 16.5. The fourth-order valence-corrected chi connectivity index (χ4v) is 3.84. The second kappa shape index (κ2) is 8.81. The zero-order valence-corrected chi connectivity index (χ0v) is 17.4. The van der Waals surface area contributed by atoms with Crippen LogP contribution in [0.15, 0.2) is 45.6 Å². The average molecular weight is 411 g/mol. The molecule has 3 aromatic rings. The lowest BCUT2D eigenvalue weighted by molar-refractivity contribution is -0.907. The number of carbonyl (C=O) groups is 1. The summed E-state index contributed by atoms with van der Waals surface area (Å²) in [5, 5.41) is 5.11. The largest absolute Gasteiger partial charge is 0.422 e. The van der Waals surface area contributed by atoms with Gasteiger partial charge in [-0.2, -0.15) is 5.10 Å². The number of morpholine rings is 1. The molecule has 1 aliphatic heterocycles. The predicted octanol–water partition coefficient (Wildman–Crippen LogP) is 0.392. The van der Waals surface area contributed by atoms with E-state index in [1.807, 2.05) is 32.2 Å². The highest BCUT2D eigenvalue weighted by Crippen LogP contribution is 2.15. The highest BCUT2D eigenvalue weighted by molar-refractivity contribution is 5.96. The van der Waals surface area contributed by atoms with Crippen LogP contribution in [0, 0.1) is 6.92 Å². The summed E-state index contributed by atoms with van der Waals surface area (Å²) < 4.78 is 12.6. The number of nitrogens with zero attached hydrogens (tertiary/aromatic N) is 3. The first-order chi connectivity index (χ1) is 14.5. The number of amides is 1. The Kier molecular flexibility index (Phi) is 5.96. The van der Waals surface area contributed by atoms with Gasteiger partial charge in [-0.3, -0.25) is 9.48 Å². The molecule has 30 heavy (non-hydrogen) atoms. The number of para-hydroxylation sites is 1. The van der Waals surface area contributed by atoms with E-state index >= 15 is 0 Å². The SMILES string of the molecule is Cc1cc(CN(CC[NH+]2CCOCC2)C(=O)c2cc3ccccc3oc2=O)n(C)n1. The first-order valence-corrected chi connectivity index (χ1v) is 10.2. The minimum atomic E-state index is -0.608. The van der Waals surface area contributed by atoms with Crippen LogP contribution < -0.4 is 10.5 Å². The Morgan fingerprint density at radius 1 is 1.23 bits per heavy atom. The average Bonchev–Trinajstić information content (AvgIpc) is 3.07. The van der Waals surface area contributed by atoms with Crippen LogP contribution in [0.2, 0.25) is 0 Å². The summed E-state index contributed by atoms with van der Waals surface area (Å²) in [6.45, 7) is 6.94. The van der Waals surface area contributed by atoms with Crippen molar-refractivity contribution in [3.8, 4) is 0 Å². The van der Waals surface area contributed by atoms with Gasteiger partial charge in [0.2, 0.25) is 0 Å². The number of aryl methyl sites for hydroxylation is 2. The Hall–Kier alpha value is -2.97. The van der Waals surface area contributed by atoms with E-state index in [9.17, 15) is 9.59 Å². The van der Waals surface area contributed by atoms with Crippen LogP contribution >= 0.6 is 0 Å².